The van der Waals surface area contributed by atoms with Crippen LogP contribution in [-0.4, -0.2) is 11.6 Å². The van der Waals surface area contributed by atoms with Gasteiger partial charge in [-0.25, -0.2) is 0 Å². The highest BCUT2D eigenvalue weighted by atomic mass is 32.2. The number of hydrogen-bond acceptors (Lipinski definition) is 2. The molecular weight excluding hydrogens is 216 g/mol. The number of thioether (sulfide) groups is 1. The summed E-state index contributed by atoms with van der Waals surface area (Å²) < 4.78 is 0. The van der Waals surface area contributed by atoms with E-state index in [9.17, 15) is 0 Å². The van der Waals surface area contributed by atoms with Gasteiger partial charge in [0, 0.05) is 11.3 Å². The summed E-state index contributed by atoms with van der Waals surface area (Å²) in [4.78, 5) is 0. The highest BCUT2D eigenvalue weighted by molar-refractivity contribution is 7.98. The predicted octanol–water partition coefficient (Wildman–Crippen LogP) is 3.25. The number of nitrogens with two attached hydrogens (primary N) is 1. The Labute approximate surface area is 102 Å². The maximum atomic E-state index is 7.37. The minimum Gasteiger partial charge on any atom is -0.384 e. The number of hydrogen-bond donors (Lipinski definition) is 2. The van der Waals surface area contributed by atoms with Gasteiger partial charge in [0.25, 0.3) is 0 Å². The van der Waals surface area contributed by atoms with Gasteiger partial charge in [-0.3, -0.25) is 5.41 Å². The largest absolute Gasteiger partial charge is 0.384 e. The highest BCUT2D eigenvalue weighted by Gasteiger charge is 1.99. The lowest BCUT2D eigenvalue weighted by atomic mass is 10.1. The molecule has 0 aliphatic carbocycles. The van der Waals surface area contributed by atoms with Crippen LogP contribution in [0.15, 0.2) is 24.3 Å². The third-order valence-corrected chi connectivity index (χ3v) is 3.41. The van der Waals surface area contributed by atoms with E-state index in [1.165, 1.54) is 17.7 Å². The van der Waals surface area contributed by atoms with Crippen LogP contribution < -0.4 is 5.73 Å². The molecule has 88 valence electrons. The summed E-state index contributed by atoms with van der Waals surface area (Å²) in [7, 11) is 0. The molecule has 0 radical (unpaired) electrons. The van der Waals surface area contributed by atoms with Gasteiger partial charge in [-0.05, 0) is 29.7 Å². The van der Waals surface area contributed by atoms with E-state index in [1.807, 2.05) is 30.0 Å². The zero-order valence-corrected chi connectivity index (χ0v) is 10.8. The lowest BCUT2D eigenvalue weighted by Gasteiger charge is -2.06. The van der Waals surface area contributed by atoms with Crippen LogP contribution in [0.2, 0.25) is 0 Å². The van der Waals surface area contributed by atoms with Gasteiger partial charge in [0.05, 0.1) is 0 Å². The Balaban J connectivity index is 2.42. The fraction of sp³-hybridized carbons (Fsp3) is 0.462. The summed E-state index contributed by atoms with van der Waals surface area (Å²) in [5.74, 6) is 3.13. The van der Waals surface area contributed by atoms with Gasteiger partial charge in [-0.15, -0.1) is 0 Å². The summed E-state index contributed by atoms with van der Waals surface area (Å²) in [5, 5.41) is 7.37. The normalized spacial score (nSPS) is 10.7. The Morgan fingerprint density at radius 2 is 2.19 bits per heavy atom. The van der Waals surface area contributed by atoms with Crippen molar-refractivity contribution in [3.63, 3.8) is 0 Å². The van der Waals surface area contributed by atoms with Crippen LogP contribution in [0.3, 0.4) is 0 Å². The lowest BCUT2D eigenvalue weighted by molar-refractivity contribution is 0.632. The Bertz CT molecular complexity index is 348. The van der Waals surface area contributed by atoms with Gasteiger partial charge in [-0.2, -0.15) is 11.8 Å². The van der Waals surface area contributed by atoms with Crippen molar-refractivity contribution in [3.8, 4) is 0 Å². The molecule has 1 aromatic carbocycles. The number of rotatable bonds is 6. The van der Waals surface area contributed by atoms with E-state index in [1.54, 1.807) is 0 Å². The van der Waals surface area contributed by atoms with Crippen molar-refractivity contribution < 1.29 is 0 Å². The SMILES string of the molecule is CC(C)CCSCc1cccc(C(=N)N)c1. The van der Waals surface area contributed by atoms with Crippen molar-refractivity contribution in [2.75, 3.05) is 5.75 Å². The Kier molecular flexibility index (Phi) is 5.39. The average molecular weight is 236 g/mol. The summed E-state index contributed by atoms with van der Waals surface area (Å²) in [5.41, 5.74) is 7.53. The van der Waals surface area contributed by atoms with Crippen LogP contribution >= 0.6 is 11.8 Å². The van der Waals surface area contributed by atoms with Crippen LogP contribution in [0.25, 0.3) is 0 Å². The quantitative estimate of drug-likeness (QED) is 0.452. The van der Waals surface area contributed by atoms with Crippen LogP contribution in [0.5, 0.6) is 0 Å². The summed E-state index contributed by atoms with van der Waals surface area (Å²) >= 11 is 1.94. The number of amidine groups is 1. The third-order valence-electron chi connectivity index (χ3n) is 2.35. The molecule has 0 saturated carbocycles. The Morgan fingerprint density at radius 3 is 2.81 bits per heavy atom. The summed E-state index contributed by atoms with van der Waals surface area (Å²) in [6, 6.07) is 7.94. The monoisotopic (exact) mass is 236 g/mol. The molecule has 0 aromatic heterocycles. The van der Waals surface area contributed by atoms with Crippen molar-refractivity contribution in [2.24, 2.45) is 11.7 Å². The first-order chi connectivity index (χ1) is 7.59. The van der Waals surface area contributed by atoms with E-state index in [2.05, 4.69) is 19.9 Å². The number of benzene rings is 1. The van der Waals surface area contributed by atoms with Crippen molar-refractivity contribution >= 4 is 17.6 Å². The van der Waals surface area contributed by atoms with E-state index in [-0.39, 0.29) is 5.84 Å². The first-order valence-electron chi connectivity index (χ1n) is 5.60. The molecule has 0 fully saturated rings. The van der Waals surface area contributed by atoms with Gasteiger partial charge >= 0.3 is 0 Å². The summed E-state index contributed by atoms with van der Waals surface area (Å²) in [6.45, 7) is 4.49. The maximum absolute atomic E-state index is 7.37. The second-order valence-electron chi connectivity index (χ2n) is 4.35. The molecule has 16 heavy (non-hydrogen) atoms. The zero-order chi connectivity index (χ0) is 12.0. The zero-order valence-electron chi connectivity index (χ0n) is 9.99. The smallest absolute Gasteiger partial charge is 0.122 e. The molecule has 0 aliphatic heterocycles. The molecular formula is C13H20N2S. The Hall–Kier alpha value is -0.960. The second-order valence-corrected chi connectivity index (χ2v) is 5.45. The summed E-state index contributed by atoms with van der Waals surface area (Å²) in [6.07, 6.45) is 1.26. The number of nitrogens with one attached hydrogen (secondary N) is 1. The molecule has 0 spiro atoms. The van der Waals surface area contributed by atoms with Crippen LogP contribution in [-0.2, 0) is 5.75 Å². The molecule has 0 atom stereocenters. The lowest BCUT2D eigenvalue weighted by Crippen LogP contribution is -2.10. The fourth-order valence-corrected chi connectivity index (χ4v) is 2.54. The van der Waals surface area contributed by atoms with E-state index in [4.69, 9.17) is 11.1 Å². The van der Waals surface area contributed by atoms with E-state index < -0.39 is 0 Å². The van der Waals surface area contributed by atoms with Crippen LogP contribution in [0.1, 0.15) is 31.4 Å². The van der Waals surface area contributed by atoms with E-state index in [0.717, 1.165) is 17.2 Å². The fourth-order valence-electron chi connectivity index (χ4n) is 1.34. The van der Waals surface area contributed by atoms with Gasteiger partial charge < -0.3 is 5.73 Å². The van der Waals surface area contributed by atoms with Crippen LogP contribution in [0, 0.1) is 11.3 Å². The predicted molar refractivity (Wildman–Crippen MR) is 73.1 cm³/mol. The molecule has 0 amide bonds. The minimum absolute atomic E-state index is 0.147. The molecule has 0 unspecified atom stereocenters. The van der Waals surface area contributed by atoms with E-state index >= 15 is 0 Å². The first kappa shape index (κ1) is 13.1. The van der Waals surface area contributed by atoms with Crippen molar-refractivity contribution in [3.05, 3.63) is 35.4 Å². The highest BCUT2D eigenvalue weighted by Crippen LogP contribution is 2.16. The molecule has 3 N–H and O–H groups in total. The van der Waals surface area contributed by atoms with Gasteiger partial charge in [0.1, 0.15) is 5.84 Å². The van der Waals surface area contributed by atoms with E-state index in [0.29, 0.717) is 0 Å². The number of nitrogen functional groups attached to an aromatic ring is 1. The van der Waals surface area contributed by atoms with Gasteiger partial charge in [0.15, 0.2) is 0 Å². The molecule has 0 saturated heterocycles. The molecule has 0 bridgehead atoms. The third kappa shape index (κ3) is 4.71. The molecule has 1 aromatic rings. The van der Waals surface area contributed by atoms with Gasteiger partial charge in [-0.1, -0.05) is 32.0 Å². The molecule has 2 nitrogen and oxygen atoms in total. The second kappa shape index (κ2) is 6.59. The topological polar surface area (TPSA) is 49.9 Å². The molecule has 0 heterocycles. The van der Waals surface area contributed by atoms with Gasteiger partial charge in [0.2, 0.25) is 0 Å². The molecule has 3 heteroatoms. The standard InChI is InChI=1S/C13H20N2S/c1-10(2)6-7-16-9-11-4-3-5-12(8-11)13(14)15/h3-5,8,10H,6-7,9H2,1-2H3,(H3,14,15). The van der Waals surface area contributed by atoms with Crippen molar-refractivity contribution in [1.29, 1.82) is 5.41 Å². The van der Waals surface area contributed by atoms with Crippen LogP contribution in [0.4, 0.5) is 0 Å². The first-order valence-corrected chi connectivity index (χ1v) is 6.76. The molecule has 0 aliphatic rings. The maximum Gasteiger partial charge on any atom is 0.122 e. The van der Waals surface area contributed by atoms with Crippen molar-refractivity contribution in [1.82, 2.24) is 0 Å². The molecule has 1 rings (SSSR count). The average Bonchev–Trinajstić information content (AvgIpc) is 2.24. The van der Waals surface area contributed by atoms with Crippen molar-refractivity contribution in [2.45, 2.75) is 26.0 Å². The Morgan fingerprint density at radius 1 is 1.44 bits per heavy atom. The minimum atomic E-state index is 0.147.